The molecule has 0 saturated carbocycles. The maximum absolute atomic E-state index is 11.9. The number of aryl methyl sites for hydroxylation is 2. The molecule has 1 amide bonds. The van der Waals surface area contributed by atoms with E-state index in [0.29, 0.717) is 6.54 Å². The van der Waals surface area contributed by atoms with Crippen molar-refractivity contribution in [2.24, 2.45) is 7.05 Å². The van der Waals surface area contributed by atoms with Crippen LogP contribution >= 0.6 is 0 Å². The van der Waals surface area contributed by atoms with Crippen molar-refractivity contribution in [3.8, 4) is 0 Å². The number of carbonyl (C=O) groups excluding carboxylic acids is 1. The first-order chi connectivity index (χ1) is 10.2. The molecule has 22 heavy (non-hydrogen) atoms. The van der Waals surface area contributed by atoms with Crippen LogP contribution in [0.3, 0.4) is 0 Å². The van der Waals surface area contributed by atoms with Crippen molar-refractivity contribution in [1.29, 1.82) is 0 Å². The number of aromatic nitrogens is 2. The second-order valence-corrected chi connectivity index (χ2v) is 7.15. The molecule has 1 aromatic carbocycles. The zero-order valence-electron chi connectivity index (χ0n) is 13.0. The number of nitrogens with zero attached hydrogens (tertiary/aromatic N) is 2. The summed E-state index contributed by atoms with van der Waals surface area (Å²) in [6, 6.07) is 4.97. The van der Waals surface area contributed by atoms with E-state index in [-0.39, 0.29) is 5.91 Å². The highest BCUT2D eigenvalue weighted by atomic mass is 32.2. The summed E-state index contributed by atoms with van der Waals surface area (Å²) < 4.78 is 26.4. The first kappa shape index (κ1) is 16.4. The number of fused-ring (bicyclic) bond motifs is 1. The van der Waals surface area contributed by atoms with Gasteiger partial charge in [0, 0.05) is 13.6 Å². The molecule has 0 radical (unpaired) electrons. The molecule has 0 aliphatic rings. The molecule has 1 unspecified atom stereocenters. The van der Waals surface area contributed by atoms with Gasteiger partial charge in [0.25, 0.3) is 0 Å². The van der Waals surface area contributed by atoms with Gasteiger partial charge in [0.05, 0.1) is 23.3 Å². The number of benzene rings is 1. The largest absolute Gasteiger partial charge is 0.351 e. The van der Waals surface area contributed by atoms with Gasteiger partial charge in [-0.2, -0.15) is 0 Å². The Hall–Kier alpha value is -1.93. The van der Waals surface area contributed by atoms with Crippen LogP contribution in [0.1, 0.15) is 18.3 Å². The van der Waals surface area contributed by atoms with E-state index in [2.05, 4.69) is 15.0 Å². The predicted octanol–water partition coefficient (Wildman–Crippen LogP) is 0.436. The maximum atomic E-state index is 11.9. The summed E-state index contributed by atoms with van der Waals surface area (Å²) in [5.41, 5.74) is 2.80. The topological polar surface area (TPSA) is 93.1 Å². The van der Waals surface area contributed by atoms with E-state index < -0.39 is 16.1 Å². The number of amides is 1. The zero-order chi connectivity index (χ0) is 16.5. The third-order valence-electron chi connectivity index (χ3n) is 3.42. The molecule has 0 bridgehead atoms. The Kier molecular flexibility index (Phi) is 4.52. The number of nitrogens with one attached hydrogen (secondary N) is 2. The number of imidazole rings is 1. The van der Waals surface area contributed by atoms with E-state index in [4.69, 9.17) is 0 Å². The van der Waals surface area contributed by atoms with Crippen LogP contribution in [-0.4, -0.2) is 36.2 Å². The molecule has 0 fully saturated rings. The Morgan fingerprint density at radius 1 is 1.41 bits per heavy atom. The minimum absolute atomic E-state index is 0.320. The van der Waals surface area contributed by atoms with Gasteiger partial charge >= 0.3 is 0 Å². The van der Waals surface area contributed by atoms with Crippen LogP contribution in [-0.2, 0) is 28.4 Å². The Morgan fingerprint density at radius 3 is 2.73 bits per heavy atom. The van der Waals surface area contributed by atoms with Crippen molar-refractivity contribution in [3.63, 3.8) is 0 Å². The number of sulfonamides is 1. The number of rotatable bonds is 5. The molecule has 7 nitrogen and oxygen atoms in total. The molecule has 0 saturated heterocycles. The summed E-state index contributed by atoms with van der Waals surface area (Å²) in [5.74, 6) is 0.546. The van der Waals surface area contributed by atoms with Gasteiger partial charge in [0.1, 0.15) is 5.82 Å². The van der Waals surface area contributed by atoms with Crippen molar-refractivity contribution in [2.75, 3.05) is 6.26 Å². The van der Waals surface area contributed by atoms with Gasteiger partial charge in [-0.05, 0) is 31.5 Å². The molecular formula is C14H20N4O3S. The van der Waals surface area contributed by atoms with Gasteiger partial charge < -0.3 is 9.88 Å². The fraction of sp³-hybridized carbons (Fsp3) is 0.429. The molecule has 1 atom stereocenters. The van der Waals surface area contributed by atoms with Crippen LogP contribution in [0.15, 0.2) is 18.2 Å². The van der Waals surface area contributed by atoms with Crippen LogP contribution in [0.5, 0.6) is 0 Å². The molecule has 120 valence electrons. The number of carbonyl (C=O) groups is 1. The van der Waals surface area contributed by atoms with Crippen LogP contribution in [0.2, 0.25) is 0 Å². The summed E-state index contributed by atoms with van der Waals surface area (Å²) in [5, 5.41) is 2.71. The summed E-state index contributed by atoms with van der Waals surface area (Å²) in [7, 11) is -1.46. The molecule has 2 rings (SSSR count). The smallest absolute Gasteiger partial charge is 0.238 e. The Balaban J connectivity index is 2.04. The second kappa shape index (κ2) is 6.05. The average Bonchev–Trinajstić information content (AvgIpc) is 2.69. The van der Waals surface area contributed by atoms with Gasteiger partial charge in [0.2, 0.25) is 15.9 Å². The minimum atomic E-state index is -3.41. The van der Waals surface area contributed by atoms with Gasteiger partial charge in [-0.1, -0.05) is 6.07 Å². The molecule has 0 spiro atoms. The predicted molar refractivity (Wildman–Crippen MR) is 84.7 cm³/mol. The van der Waals surface area contributed by atoms with E-state index in [0.717, 1.165) is 28.7 Å². The highest BCUT2D eigenvalue weighted by molar-refractivity contribution is 7.88. The number of hydrogen-bond acceptors (Lipinski definition) is 4. The van der Waals surface area contributed by atoms with Gasteiger partial charge in [-0.3, -0.25) is 4.79 Å². The van der Waals surface area contributed by atoms with Gasteiger partial charge in [0.15, 0.2) is 0 Å². The van der Waals surface area contributed by atoms with Gasteiger partial charge in [-0.25, -0.2) is 18.1 Å². The van der Waals surface area contributed by atoms with Crippen LogP contribution < -0.4 is 10.0 Å². The molecule has 0 aliphatic heterocycles. The average molecular weight is 324 g/mol. The van der Waals surface area contributed by atoms with Crippen molar-refractivity contribution in [3.05, 3.63) is 29.6 Å². The van der Waals surface area contributed by atoms with E-state index in [1.54, 1.807) is 0 Å². The lowest BCUT2D eigenvalue weighted by Crippen LogP contribution is -2.44. The quantitative estimate of drug-likeness (QED) is 0.834. The Morgan fingerprint density at radius 2 is 2.09 bits per heavy atom. The van der Waals surface area contributed by atoms with E-state index >= 15 is 0 Å². The van der Waals surface area contributed by atoms with Crippen molar-refractivity contribution < 1.29 is 13.2 Å². The summed E-state index contributed by atoms with van der Waals surface area (Å²) in [4.78, 5) is 16.3. The van der Waals surface area contributed by atoms with Gasteiger partial charge in [-0.15, -0.1) is 0 Å². The molecule has 1 heterocycles. The third-order valence-corrected chi connectivity index (χ3v) is 4.20. The SMILES string of the molecule is Cc1nc2cc(CNC(=O)C(C)NS(C)(=O)=O)ccc2n1C. The molecular weight excluding hydrogens is 304 g/mol. The lowest BCUT2D eigenvalue weighted by atomic mass is 10.2. The first-order valence-corrected chi connectivity index (χ1v) is 8.73. The van der Waals surface area contributed by atoms with Crippen LogP contribution in [0.4, 0.5) is 0 Å². The van der Waals surface area contributed by atoms with E-state index in [1.807, 2.05) is 36.7 Å². The summed E-state index contributed by atoms with van der Waals surface area (Å²) in [6.07, 6.45) is 1.02. The standard InChI is InChI=1S/C14H20N4O3S/c1-9(17-22(4,20)21)14(19)15-8-11-5-6-13-12(7-11)16-10(2)18(13)3/h5-7,9,17H,8H2,1-4H3,(H,15,19). The lowest BCUT2D eigenvalue weighted by molar-refractivity contribution is -0.122. The Bertz CT molecular complexity index is 811. The molecule has 8 heteroatoms. The van der Waals surface area contributed by atoms with Crippen molar-refractivity contribution in [2.45, 2.75) is 26.4 Å². The fourth-order valence-corrected chi connectivity index (χ4v) is 2.94. The molecule has 1 aromatic heterocycles. The lowest BCUT2D eigenvalue weighted by Gasteiger charge is -2.12. The van der Waals surface area contributed by atoms with E-state index in [9.17, 15) is 13.2 Å². The zero-order valence-corrected chi connectivity index (χ0v) is 13.9. The first-order valence-electron chi connectivity index (χ1n) is 6.84. The second-order valence-electron chi connectivity index (χ2n) is 5.37. The molecule has 0 aliphatic carbocycles. The number of hydrogen-bond donors (Lipinski definition) is 2. The van der Waals surface area contributed by atoms with E-state index in [1.165, 1.54) is 6.92 Å². The van der Waals surface area contributed by atoms with Crippen LogP contribution in [0.25, 0.3) is 11.0 Å². The fourth-order valence-electron chi connectivity index (χ4n) is 2.19. The monoisotopic (exact) mass is 324 g/mol. The highest BCUT2D eigenvalue weighted by Crippen LogP contribution is 2.16. The van der Waals surface area contributed by atoms with Crippen LogP contribution in [0, 0.1) is 6.92 Å². The van der Waals surface area contributed by atoms with Crippen molar-refractivity contribution in [1.82, 2.24) is 19.6 Å². The minimum Gasteiger partial charge on any atom is -0.351 e. The summed E-state index contributed by atoms with van der Waals surface area (Å²) >= 11 is 0. The molecule has 2 aromatic rings. The Labute approximate surface area is 129 Å². The highest BCUT2D eigenvalue weighted by Gasteiger charge is 2.16. The third kappa shape index (κ3) is 3.83. The normalized spacial score (nSPS) is 13.3. The molecule has 2 N–H and O–H groups in total. The summed E-state index contributed by atoms with van der Waals surface area (Å²) in [6.45, 7) is 3.75. The van der Waals surface area contributed by atoms with Crippen molar-refractivity contribution >= 4 is 27.0 Å². The maximum Gasteiger partial charge on any atom is 0.238 e.